The fourth-order valence-electron chi connectivity index (χ4n) is 4.00. The number of carbonyl (C=O) groups excluding carboxylic acids is 2. The van der Waals surface area contributed by atoms with Gasteiger partial charge in [0.25, 0.3) is 5.69 Å². The molecule has 0 radical (unpaired) electrons. The molecule has 0 heterocycles. The van der Waals surface area contributed by atoms with Gasteiger partial charge in [0.05, 0.1) is 10.7 Å². The van der Waals surface area contributed by atoms with E-state index in [0.717, 1.165) is 22.3 Å². The van der Waals surface area contributed by atoms with Crippen LogP contribution in [0, 0.1) is 23.0 Å². The number of amides is 2. The molecule has 3 aromatic rings. The summed E-state index contributed by atoms with van der Waals surface area (Å²) in [6.45, 7) is 6.95. The van der Waals surface area contributed by atoms with Crippen LogP contribution in [0.1, 0.15) is 36.1 Å². The first kappa shape index (κ1) is 28.9. The van der Waals surface area contributed by atoms with E-state index in [9.17, 15) is 19.7 Å². The smallest absolute Gasteiger partial charge is 0.269 e. The number of hydrogen-bond donors (Lipinski definition) is 1. The van der Waals surface area contributed by atoms with Gasteiger partial charge in [0.2, 0.25) is 11.8 Å². The molecule has 0 aliphatic carbocycles. The quantitative estimate of drug-likeness (QED) is 0.230. The number of non-ortho nitro benzene ring substituents is 1. The first-order valence-electron chi connectivity index (χ1n) is 12.7. The predicted molar refractivity (Wildman–Crippen MR) is 153 cm³/mol. The molecule has 0 aromatic heterocycles. The molecule has 200 valence electrons. The highest BCUT2D eigenvalue weighted by Gasteiger charge is 2.30. The number of nitro groups is 1. The van der Waals surface area contributed by atoms with Gasteiger partial charge in [-0.25, -0.2) is 0 Å². The molecule has 0 aliphatic rings. The summed E-state index contributed by atoms with van der Waals surface area (Å²) >= 11 is 1.43. The van der Waals surface area contributed by atoms with Crippen LogP contribution in [0.3, 0.4) is 0 Å². The molecular weight excluding hydrogens is 498 g/mol. The lowest BCUT2D eigenvalue weighted by Crippen LogP contribution is -2.51. The molecule has 1 unspecified atom stereocenters. The van der Waals surface area contributed by atoms with Gasteiger partial charge in [-0.1, -0.05) is 80.6 Å². The Morgan fingerprint density at radius 3 is 2.24 bits per heavy atom. The van der Waals surface area contributed by atoms with E-state index < -0.39 is 11.0 Å². The van der Waals surface area contributed by atoms with Gasteiger partial charge in [-0.05, 0) is 35.1 Å². The number of aryl methyl sites for hydroxylation is 1. The zero-order valence-electron chi connectivity index (χ0n) is 22.1. The van der Waals surface area contributed by atoms with Crippen molar-refractivity contribution < 1.29 is 14.5 Å². The Kier molecular flexibility index (Phi) is 10.9. The maximum Gasteiger partial charge on any atom is 0.269 e. The summed E-state index contributed by atoms with van der Waals surface area (Å²) < 4.78 is 0. The minimum absolute atomic E-state index is 0.0374. The van der Waals surface area contributed by atoms with Crippen molar-refractivity contribution >= 4 is 29.3 Å². The van der Waals surface area contributed by atoms with Gasteiger partial charge in [0.1, 0.15) is 6.04 Å². The average Bonchev–Trinajstić information content (AvgIpc) is 2.91. The van der Waals surface area contributed by atoms with Gasteiger partial charge in [0, 0.05) is 37.4 Å². The van der Waals surface area contributed by atoms with Crippen molar-refractivity contribution in [3.8, 4) is 0 Å². The molecule has 38 heavy (non-hydrogen) atoms. The van der Waals surface area contributed by atoms with Crippen LogP contribution in [-0.2, 0) is 28.3 Å². The Labute approximate surface area is 228 Å². The standard InChI is InChI=1S/C30H35N3O4S/c1-22(2)18-31-30(35)28(17-24-10-5-4-6-11-24)32(19-26-12-8-7-9-23(26)3)29(34)21-38-20-25-13-15-27(16-14-25)33(36)37/h4-16,22,28H,17-21H2,1-3H3,(H,31,35). The Morgan fingerprint density at radius 2 is 1.61 bits per heavy atom. The summed E-state index contributed by atoms with van der Waals surface area (Å²) in [6, 6.07) is 23.3. The second kappa shape index (κ2) is 14.3. The minimum atomic E-state index is -0.664. The predicted octanol–water partition coefficient (Wildman–Crippen LogP) is 5.55. The Bertz CT molecular complexity index is 1220. The van der Waals surface area contributed by atoms with Crippen LogP contribution in [0.25, 0.3) is 0 Å². The first-order valence-corrected chi connectivity index (χ1v) is 13.9. The fraction of sp³-hybridized carbons (Fsp3) is 0.333. The zero-order valence-corrected chi connectivity index (χ0v) is 22.9. The molecule has 0 aliphatic heterocycles. The highest BCUT2D eigenvalue weighted by Crippen LogP contribution is 2.21. The van der Waals surface area contributed by atoms with Gasteiger partial charge in [-0.2, -0.15) is 0 Å². The molecule has 7 nitrogen and oxygen atoms in total. The Hall–Kier alpha value is -3.65. The molecule has 0 saturated carbocycles. The lowest BCUT2D eigenvalue weighted by molar-refractivity contribution is -0.384. The maximum atomic E-state index is 13.7. The highest BCUT2D eigenvalue weighted by atomic mass is 32.2. The van der Waals surface area contributed by atoms with E-state index in [1.165, 1.54) is 23.9 Å². The monoisotopic (exact) mass is 533 g/mol. The summed E-state index contributed by atoms with van der Waals surface area (Å²) in [7, 11) is 0. The number of hydrogen-bond acceptors (Lipinski definition) is 5. The average molecular weight is 534 g/mol. The SMILES string of the molecule is Cc1ccccc1CN(C(=O)CSCc1ccc([N+](=O)[O-])cc1)C(Cc1ccccc1)C(=O)NCC(C)C. The van der Waals surface area contributed by atoms with Crippen LogP contribution >= 0.6 is 11.8 Å². The molecule has 0 bridgehead atoms. The van der Waals surface area contributed by atoms with E-state index >= 15 is 0 Å². The largest absolute Gasteiger partial charge is 0.354 e. The molecule has 0 spiro atoms. The van der Waals surface area contributed by atoms with Crippen molar-refractivity contribution in [3.63, 3.8) is 0 Å². The molecule has 1 N–H and O–H groups in total. The number of nitrogens with zero attached hydrogens (tertiary/aromatic N) is 2. The van der Waals surface area contributed by atoms with Gasteiger partial charge in [0.15, 0.2) is 0 Å². The number of nitrogens with one attached hydrogen (secondary N) is 1. The molecule has 1 atom stereocenters. The van der Waals surface area contributed by atoms with E-state index in [0.29, 0.717) is 25.3 Å². The first-order chi connectivity index (χ1) is 18.2. The summed E-state index contributed by atoms with van der Waals surface area (Å²) in [5.41, 5.74) is 3.98. The molecule has 3 rings (SSSR count). The van der Waals surface area contributed by atoms with Crippen molar-refractivity contribution in [2.24, 2.45) is 5.92 Å². The number of thioether (sulfide) groups is 1. The summed E-state index contributed by atoms with van der Waals surface area (Å²) in [5.74, 6) is 0.718. The third kappa shape index (κ3) is 8.73. The lowest BCUT2D eigenvalue weighted by atomic mass is 10.0. The van der Waals surface area contributed by atoms with Crippen LogP contribution in [-0.4, -0.2) is 40.0 Å². The Morgan fingerprint density at radius 1 is 0.947 bits per heavy atom. The van der Waals surface area contributed by atoms with E-state index in [2.05, 4.69) is 5.32 Å². The number of rotatable bonds is 13. The molecule has 8 heteroatoms. The van der Waals surface area contributed by atoms with Gasteiger partial charge >= 0.3 is 0 Å². The number of nitro benzene ring substituents is 1. The maximum absolute atomic E-state index is 13.7. The second-order valence-corrected chi connectivity index (χ2v) is 10.7. The van der Waals surface area contributed by atoms with Crippen LogP contribution in [0.5, 0.6) is 0 Å². The fourth-order valence-corrected chi connectivity index (χ4v) is 4.87. The third-order valence-corrected chi connectivity index (χ3v) is 7.19. The molecule has 2 amide bonds. The molecule has 3 aromatic carbocycles. The summed E-state index contributed by atoms with van der Waals surface area (Å²) in [4.78, 5) is 39.4. The van der Waals surface area contributed by atoms with E-state index in [1.807, 2.05) is 75.4 Å². The highest BCUT2D eigenvalue weighted by molar-refractivity contribution is 7.99. The lowest BCUT2D eigenvalue weighted by Gasteiger charge is -2.32. The molecule has 0 fully saturated rings. The van der Waals surface area contributed by atoms with Crippen molar-refractivity contribution in [2.45, 2.75) is 45.5 Å². The van der Waals surface area contributed by atoms with Gasteiger partial charge in [-0.15, -0.1) is 11.8 Å². The van der Waals surface area contributed by atoms with Crippen LogP contribution < -0.4 is 5.32 Å². The molecular formula is C30H35N3O4S. The van der Waals surface area contributed by atoms with Crippen LogP contribution in [0.2, 0.25) is 0 Å². The normalized spacial score (nSPS) is 11.7. The van der Waals surface area contributed by atoms with Crippen LogP contribution in [0.4, 0.5) is 5.69 Å². The number of carbonyl (C=O) groups is 2. The van der Waals surface area contributed by atoms with Crippen molar-refractivity contribution in [3.05, 3.63) is 111 Å². The third-order valence-electron chi connectivity index (χ3n) is 6.20. The van der Waals surface area contributed by atoms with E-state index in [-0.39, 0.29) is 29.2 Å². The topological polar surface area (TPSA) is 92.6 Å². The van der Waals surface area contributed by atoms with Crippen molar-refractivity contribution in [2.75, 3.05) is 12.3 Å². The van der Waals surface area contributed by atoms with Gasteiger partial charge < -0.3 is 10.2 Å². The van der Waals surface area contributed by atoms with E-state index in [1.54, 1.807) is 17.0 Å². The zero-order chi connectivity index (χ0) is 27.5. The minimum Gasteiger partial charge on any atom is -0.354 e. The molecule has 0 saturated heterocycles. The number of benzene rings is 3. The summed E-state index contributed by atoms with van der Waals surface area (Å²) in [6.07, 6.45) is 0.412. The Balaban J connectivity index is 1.82. The second-order valence-electron chi connectivity index (χ2n) is 9.71. The summed E-state index contributed by atoms with van der Waals surface area (Å²) in [5, 5.41) is 14.0. The van der Waals surface area contributed by atoms with Gasteiger partial charge in [-0.3, -0.25) is 19.7 Å². The van der Waals surface area contributed by atoms with Crippen molar-refractivity contribution in [1.29, 1.82) is 0 Å². The van der Waals surface area contributed by atoms with Crippen molar-refractivity contribution in [1.82, 2.24) is 10.2 Å². The van der Waals surface area contributed by atoms with E-state index in [4.69, 9.17) is 0 Å². The van der Waals surface area contributed by atoms with Crippen LogP contribution in [0.15, 0.2) is 78.9 Å².